The summed E-state index contributed by atoms with van der Waals surface area (Å²) in [5, 5.41) is 14.3. The molecule has 0 amide bonds. The molecular weight excluding hydrogens is 462 g/mol. The molecule has 4 aromatic rings. The van der Waals surface area contributed by atoms with Crippen molar-refractivity contribution < 1.29 is 5.11 Å². The topological polar surface area (TPSA) is 75.9 Å². The number of nitrogens with one attached hydrogen (secondary N) is 1. The fraction of sp³-hybridized carbons (Fsp3) is 0.318. The first kappa shape index (κ1) is 19.7. The molecule has 154 valence electrons. The number of fused-ring (bicyclic) bond motifs is 1. The van der Waals surface area contributed by atoms with Crippen molar-refractivity contribution in [3.05, 3.63) is 46.5 Å². The number of anilines is 1. The number of aryl methyl sites for hydroxylation is 1. The minimum absolute atomic E-state index is 0.245. The zero-order valence-corrected chi connectivity index (χ0v) is 18.9. The van der Waals surface area contributed by atoms with Crippen LogP contribution in [0, 0.1) is 5.92 Å². The Morgan fingerprint density at radius 3 is 2.77 bits per heavy atom. The van der Waals surface area contributed by atoms with E-state index in [2.05, 4.69) is 38.4 Å². The van der Waals surface area contributed by atoms with E-state index in [1.165, 1.54) is 0 Å². The number of imidazole rings is 1. The van der Waals surface area contributed by atoms with Crippen molar-refractivity contribution in [2.45, 2.75) is 25.3 Å². The second-order valence-corrected chi connectivity index (χ2v) is 10.1. The number of halogens is 1. The zero-order valence-electron chi connectivity index (χ0n) is 16.5. The molecule has 1 aliphatic carbocycles. The summed E-state index contributed by atoms with van der Waals surface area (Å²) < 4.78 is 2.97. The maximum absolute atomic E-state index is 9.55. The Hall–Kier alpha value is -2.29. The van der Waals surface area contributed by atoms with Gasteiger partial charge in [0.15, 0.2) is 11.6 Å². The summed E-state index contributed by atoms with van der Waals surface area (Å²) in [5.41, 5.74) is 2.24. The molecule has 30 heavy (non-hydrogen) atoms. The highest BCUT2D eigenvalue weighted by atomic mass is 79.9. The molecule has 0 radical (unpaired) electrons. The third kappa shape index (κ3) is 3.53. The van der Waals surface area contributed by atoms with E-state index in [0.29, 0.717) is 11.7 Å². The lowest BCUT2D eigenvalue weighted by molar-refractivity contribution is 0.229. The van der Waals surface area contributed by atoms with Crippen LogP contribution in [0.4, 0.5) is 5.82 Å². The fourth-order valence-corrected chi connectivity index (χ4v) is 6.00. The smallest absolute Gasteiger partial charge is 0.199 e. The van der Waals surface area contributed by atoms with E-state index in [4.69, 9.17) is 9.97 Å². The molecule has 1 fully saturated rings. The monoisotopic (exact) mass is 483 g/mol. The molecule has 5 rings (SSSR count). The SMILES string of the molecule is Cn1ccnc1-c1nc(N[C@H]2CC[C@@H](CO)C2)c2c(-c3ccccc3)c(Br)sc2n1. The molecular formula is C22H22BrN5OS. The summed E-state index contributed by atoms with van der Waals surface area (Å²) in [4.78, 5) is 15.2. The highest BCUT2D eigenvalue weighted by Crippen LogP contribution is 2.45. The Labute approximate surface area is 187 Å². The second kappa shape index (κ2) is 8.09. The first-order valence-electron chi connectivity index (χ1n) is 10.0. The highest BCUT2D eigenvalue weighted by molar-refractivity contribution is 9.11. The largest absolute Gasteiger partial charge is 0.396 e. The molecule has 2 atom stereocenters. The molecule has 2 N–H and O–H groups in total. The lowest BCUT2D eigenvalue weighted by atomic mass is 10.1. The lowest BCUT2D eigenvalue weighted by Gasteiger charge is -2.16. The van der Waals surface area contributed by atoms with Gasteiger partial charge in [0, 0.05) is 37.7 Å². The van der Waals surface area contributed by atoms with Gasteiger partial charge in [-0.2, -0.15) is 0 Å². The number of aliphatic hydroxyl groups excluding tert-OH is 1. The fourth-order valence-electron chi connectivity index (χ4n) is 4.19. The van der Waals surface area contributed by atoms with Crippen LogP contribution in [-0.4, -0.2) is 37.3 Å². The molecule has 0 aliphatic heterocycles. The number of aromatic nitrogens is 4. The van der Waals surface area contributed by atoms with Crippen LogP contribution in [0.3, 0.4) is 0 Å². The van der Waals surface area contributed by atoms with E-state index >= 15 is 0 Å². The van der Waals surface area contributed by atoms with Crippen LogP contribution in [0.1, 0.15) is 19.3 Å². The van der Waals surface area contributed by atoms with Gasteiger partial charge in [0.2, 0.25) is 0 Å². The number of nitrogens with zero attached hydrogens (tertiary/aromatic N) is 4. The predicted octanol–water partition coefficient (Wildman–Crippen LogP) is 5.09. The molecule has 0 spiro atoms. The van der Waals surface area contributed by atoms with E-state index in [0.717, 1.165) is 56.0 Å². The first-order valence-corrected chi connectivity index (χ1v) is 11.7. The van der Waals surface area contributed by atoms with E-state index in [1.807, 2.05) is 36.0 Å². The Balaban J connectivity index is 1.68. The predicted molar refractivity (Wildman–Crippen MR) is 125 cm³/mol. The van der Waals surface area contributed by atoms with Crippen LogP contribution >= 0.6 is 27.3 Å². The van der Waals surface area contributed by atoms with Crippen LogP contribution in [0.15, 0.2) is 46.5 Å². The summed E-state index contributed by atoms with van der Waals surface area (Å²) in [7, 11) is 1.95. The number of hydrogen-bond donors (Lipinski definition) is 2. The van der Waals surface area contributed by atoms with E-state index in [1.54, 1.807) is 17.5 Å². The van der Waals surface area contributed by atoms with Crippen LogP contribution < -0.4 is 5.32 Å². The van der Waals surface area contributed by atoms with Gasteiger partial charge in [0.05, 0.1) is 9.17 Å². The van der Waals surface area contributed by atoms with Crippen LogP contribution in [0.5, 0.6) is 0 Å². The van der Waals surface area contributed by atoms with Gasteiger partial charge >= 0.3 is 0 Å². The van der Waals surface area contributed by atoms with Gasteiger partial charge in [-0.1, -0.05) is 30.3 Å². The van der Waals surface area contributed by atoms with Crippen molar-refractivity contribution >= 4 is 43.3 Å². The minimum Gasteiger partial charge on any atom is -0.396 e. The summed E-state index contributed by atoms with van der Waals surface area (Å²) in [5.74, 6) is 2.55. The van der Waals surface area contributed by atoms with Crippen molar-refractivity contribution in [1.29, 1.82) is 0 Å². The normalized spacial score (nSPS) is 18.9. The Morgan fingerprint density at radius 2 is 2.07 bits per heavy atom. The quantitative estimate of drug-likeness (QED) is 0.413. The maximum Gasteiger partial charge on any atom is 0.199 e. The number of thiophene rings is 1. The van der Waals surface area contributed by atoms with Crippen molar-refractivity contribution in [3.63, 3.8) is 0 Å². The van der Waals surface area contributed by atoms with Gasteiger partial charge in [0.1, 0.15) is 10.6 Å². The van der Waals surface area contributed by atoms with Gasteiger partial charge in [-0.25, -0.2) is 15.0 Å². The third-order valence-corrected chi connectivity index (χ3v) is 7.49. The number of aliphatic hydroxyl groups is 1. The average molecular weight is 484 g/mol. The highest BCUT2D eigenvalue weighted by Gasteiger charge is 2.27. The average Bonchev–Trinajstić information content (AvgIpc) is 3.46. The maximum atomic E-state index is 9.55. The molecule has 6 nitrogen and oxygen atoms in total. The summed E-state index contributed by atoms with van der Waals surface area (Å²) in [6.45, 7) is 0.245. The number of benzene rings is 1. The van der Waals surface area contributed by atoms with E-state index in [-0.39, 0.29) is 12.6 Å². The van der Waals surface area contributed by atoms with E-state index in [9.17, 15) is 5.11 Å². The summed E-state index contributed by atoms with van der Waals surface area (Å²) >= 11 is 5.39. The molecule has 8 heteroatoms. The zero-order chi connectivity index (χ0) is 20.7. The van der Waals surface area contributed by atoms with Gasteiger partial charge in [-0.3, -0.25) is 0 Å². The summed E-state index contributed by atoms with van der Waals surface area (Å²) in [6, 6.07) is 10.6. The van der Waals surface area contributed by atoms with Crippen LogP contribution in [0.25, 0.3) is 33.0 Å². The molecule has 3 heterocycles. The molecule has 0 bridgehead atoms. The van der Waals surface area contributed by atoms with Gasteiger partial charge < -0.3 is 15.0 Å². The molecule has 1 saturated carbocycles. The molecule has 0 unspecified atom stereocenters. The van der Waals surface area contributed by atoms with Gasteiger partial charge in [0.25, 0.3) is 0 Å². The Morgan fingerprint density at radius 1 is 1.23 bits per heavy atom. The minimum atomic E-state index is 0.245. The lowest BCUT2D eigenvalue weighted by Crippen LogP contribution is -2.18. The molecule has 3 aromatic heterocycles. The molecule has 1 aromatic carbocycles. The standard InChI is InChI=1S/C22H22BrN5OS/c1-28-10-9-24-21(28)20-26-19(25-15-8-7-13(11-15)12-29)17-16(14-5-3-2-4-6-14)18(23)30-22(17)27-20/h2-6,9-10,13,15,29H,7-8,11-12H2,1H3,(H,25,26,27)/t13-,15+/m1/s1. The molecule has 1 aliphatic rings. The van der Waals surface area contributed by atoms with Crippen LogP contribution in [0.2, 0.25) is 0 Å². The van der Waals surface area contributed by atoms with Gasteiger partial charge in [-0.05, 0) is 46.7 Å². The van der Waals surface area contributed by atoms with Crippen molar-refractivity contribution in [3.8, 4) is 22.8 Å². The van der Waals surface area contributed by atoms with Crippen molar-refractivity contribution in [2.24, 2.45) is 13.0 Å². The van der Waals surface area contributed by atoms with E-state index < -0.39 is 0 Å². The number of rotatable bonds is 5. The number of hydrogen-bond acceptors (Lipinski definition) is 6. The Bertz CT molecular complexity index is 1190. The third-order valence-electron chi connectivity index (χ3n) is 5.73. The summed E-state index contributed by atoms with van der Waals surface area (Å²) in [6.07, 6.45) is 6.68. The Kier molecular flexibility index (Phi) is 5.30. The van der Waals surface area contributed by atoms with Crippen molar-refractivity contribution in [1.82, 2.24) is 19.5 Å². The first-order chi connectivity index (χ1) is 14.6. The van der Waals surface area contributed by atoms with Crippen LogP contribution in [-0.2, 0) is 7.05 Å². The molecule has 0 saturated heterocycles. The van der Waals surface area contributed by atoms with Gasteiger partial charge in [-0.15, -0.1) is 11.3 Å². The van der Waals surface area contributed by atoms with Crippen molar-refractivity contribution in [2.75, 3.05) is 11.9 Å². The second-order valence-electron chi connectivity index (χ2n) is 7.76.